The molecule has 0 atom stereocenters. The summed E-state index contributed by atoms with van der Waals surface area (Å²) in [5, 5.41) is 23.6. The molecule has 0 saturated carbocycles. The summed E-state index contributed by atoms with van der Waals surface area (Å²) in [6, 6.07) is 15.5. The smallest absolute Gasteiger partial charge is 0.335 e. The van der Waals surface area contributed by atoms with Crippen molar-refractivity contribution < 1.29 is 14.7 Å². The molecule has 0 aliphatic heterocycles. The molecule has 0 fully saturated rings. The Morgan fingerprint density at radius 1 is 1.20 bits per heavy atom. The molecule has 25 heavy (non-hydrogen) atoms. The summed E-state index contributed by atoms with van der Waals surface area (Å²) in [4.78, 5) is 23.1. The van der Waals surface area contributed by atoms with Gasteiger partial charge in [-0.25, -0.2) is 4.79 Å². The largest absolute Gasteiger partial charge is 0.478 e. The van der Waals surface area contributed by atoms with Crippen LogP contribution >= 0.6 is 0 Å². The average Bonchev–Trinajstić information content (AvgIpc) is 2.59. The molecule has 126 valence electrons. The molecule has 0 unspecified atom stereocenters. The van der Waals surface area contributed by atoms with Crippen molar-refractivity contribution in [3.8, 4) is 6.07 Å². The van der Waals surface area contributed by atoms with Gasteiger partial charge in [0.25, 0.3) is 5.91 Å². The van der Waals surface area contributed by atoms with E-state index < -0.39 is 11.9 Å². The Hall–Kier alpha value is -3.59. The van der Waals surface area contributed by atoms with E-state index in [0.717, 1.165) is 11.1 Å². The first-order valence-corrected chi connectivity index (χ1v) is 7.53. The molecule has 2 rings (SSSR count). The number of nitriles is 1. The third-order valence-electron chi connectivity index (χ3n) is 3.37. The summed E-state index contributed by atoms with van der Waals surface area (Å²) in [5.41, 5.74) is 2.42. The predicted octanol–water partition coefficient (Wildman–Crippen LogP) is 2.83. The molecule has 2 aromatic carbocycles. The number of nitrogens with zero attached hydrogens (tertiary/aromatic N) is 1. The fourth-order valence-corrected chi connectivity index (χ4v) is 2.17. The number of rotatable bonds is 6. The molecule has 0 heterocycles. The van der Waals surface area contributed by atoms with Crippen LogP contribution in [0.2, 0.25) is 0 Å². The minimum atomic E-state index is -1.09. The van der Waals surface area contributed by atoms with Gasteiger partial charge in [0, 0.05) is 18.4 Å². The minimum Gasteiger partial charge on any atom is -0.478 e. The molecular formula is C19H17N3O3. The molecule has 6 nitrogen and oxygen atoms in total. The number of carbonyl (C=O) groups is 2. The number of carboxylic acids is 1. The van der Waals surface area contributed by atoms with Crippen LogP contribution in [0.5, 0.6) is 0 Å². The SMILES string of the molecule is Cc1cccc(CN/C=C(/C#N)C(=O)Nc2cccc(C(=O)O)c2)c1. The van der Waals surface area contributed by atoms with Crippen LogP contribution in [-0.2, 0) is 11.3 Å². The molecule has 1 amide bonds. The van der Waals surface area contributed by atoms with Gasteiger partial charge in [-0.1, -0.05) is 35.9 Å². The van der Waals surface area contributed by atoms with Crippen molar-refractivity contribution in [3.63, 3.8) is 0 Å². The summed E-state index contributed by atoms with van der Waals surface area (Å²) >= 11 is 0. The van der Waals surface area contributed by atoms with Gasteiger partial charge in [-0.15, -0.1) is 0 Å². The van der Waals surface area contributed by atoms with Crippen molar-refractivity contribution in [1.29, 1.82) is 5.26 Å². The molecule has 2 aromatic rings. The van der Waals surface area contributed by atoms with Crippen molar-refractivity contribution in [2.45, 2.75) is 13.5 Å². The molecule has 0 aliphatic rings. The van der Waals surface area contributed by atoms with Crippen LogP contribution in [0.3, 0.4) is 0 Å². The molecule has 0 aliphatic carbocycles. The Kier molecular flexibility index (Phi) is 5.91. The first kappa shape index (κ1) is 17.8. The number of carbonyl (C=O) groups excluding carboxylic acids is 1. The first-order chi connectivity index (χ1) is 12.0. The average molecular weight is 335 g/mol. The first-order valence-electron chi connectivity index (χ1n) is 7.53. The lowest BCUT2D eigenvalue weighted by Crippen LogP contribution is -2.17. The second kappa shape index (κ2) is 8.31. The topological polar surface area (TPSA) is 102 Å². The number of hydrogen-bond donors (Lipinski definition) is 3. The van der Waals surface area contributed by atoms with Gasteiger partial charge in [-0.2, -0.15) is 5.26 Å². The molecule has 0 spiro atoms. The highest BCUT2D eigenvalue weighted by molar-refractivity contribution is 6.06. The minimum absolute atomic E-state index is 0.0536. The van der Waals surface area contributed by atoms with Crippen LogP contribution in [0.25, 0.3) is 0 Å². The number of aryl methyl sites for hydroxylation is 1. The van der Waals surface area contributed by atoms with Crippen LogP contribution < -0.4 is 10.6 Å². The summed E-state index contributed by atoms with van der Waals surface area (Å²) in [6.45, 7) is 2.47. The molecule has 0 bridgehead atoms. The quantitative estimate of drug-likeness (QED) is 0.556. The lowest BCUT2D eigenvalue weighted by molar-refractivity contribution is -0.112. The van der Waals surface area contributed by atoms with Crippen LogP contribution in [0, 0.1) is 18.3 Å². The van der Waals surface area contributed by atoms with E-state index in [9.17, 15) is 9.59 Å². The zero-order valence-electron chi connectivity index (χ0n) is 13.6. The number of carboxylic acid groups (broad SMARTS) is 1. The van der Waals surface area contributed by atoms with Crippen molar-refractivity contribution in [2.24, 2.45) is 0 Å². The van der Waals surface area contributed by atoms with Gasteiger partial charge in [-0.3, -0.25) is 4.79 Å². The van der Waals surface area contributed by atoms with Crippen LogP contribution in [-0.4, -0.2) is 17.0 Å². The van der Waals surface area contributed by atoms with E-state index in [2.05, 4.69) is 10.6 Å². The number of benzene rings is 2. The second-order valence-electron chi connectivity index (χ2n) is 5.38. The normalized spacial score (nSPS) is 10.6. The zero-order chi connectivity index (χ0) is 18.2. The van der Waals surface area contributed by atoms with Crippen molar-refractivity contribution in [2.75, 3.05) is 5.32 Å². The fraction of sp³-hybridized carbons (Fsp3) is 0.105. The Morgan fingerprint density at radius 2 is 1.96 bits per heavy atom. The molecule has 6 heteroatoms. The van der Waals surface area contributed by atoms with Gasteiger partial charge < -0.3 is 15.7 Å². The number of anilines is 1. The summed E-state index contributed by atoms with van der Waals surface area (Å²) < 4.78 is 0. The third-order valence-corrected chi connectivity index (χ3v) is 3.37. The number of nitrogens with one attached hydrogen (secondary N) is 2. The highest BCUT2D eigenvalue weighted by Crippen LogP contribution is 2.12. The van der Waals surface area contributed by atoms with E-state index in [0.29, 0.717) is 12.2 Å². The van der Waals surface area contributed by atoms with Gasteiger partial charge >= 0.3 is 5.97 Å². The van der Waals surface area contributed by atoms with E-state index in [1.54, 1.807) is 6.07 Å². The van der Waals surface area contributed by atoms with E-state index in [-0.39, 0.29) is 11.1 Å². The highest BCUT2D eigenvalue weighted by Gasteiger charge is 2.10. The number of hydrogen-bond acceptors (Lipinski definition) is 4. The summed E-state index contributed by atoms with van der Waals surface area (Å²) in [5.74, 6) is -1.70. The van der Waals surface area contributed by atoms with Crippen molar-refractivity contribution in [1.82, 2.24) is 5.32 Å². The van der Waals surface area contributed by atoms with E-state index in [1.165, 1.54) is 24.4 Å². The molecule has 3 N–H and O–H groups in total. The third kappa shape index (κ3) is 5.22. The lowest BCUT2D eigenvalue weighted by atomic mass is 10.1. The second-order valence-corrected chi connectivity index (χ2v) is 5.38. The maximum absolute atomic E-state index is 12.1. The van der Waals surface area contributed by atoms with Crippen molar-refractivity contribution in [3.05, 3.63) is 77.0 Å². The van der Waals surface area contributed by atoms with Crippen LogP contribution in [0.1, 0.15) is 21.5 Å². The molecule has 0 saturated heterocycles. The Labute approximate surface area is 145 Å². The fourth-order valence-electron chi connectivity index (χ4n) is 2.17. The van der Waals surface area contributed by atoms with Gasteiger partial charge in [0.15, 0.2) is 0 Å². The Morgan fingerprint density at radius 3 is 2.64 bits per heavy atom. The maximum atomic E-state index is 12.1. The van der Waals surface area contributed by atoms with Crippen molar-refractivity contribution >= 4 is 17.6 Å². The monoisotopic (exact) mass is 335 g/mol. The van der Waals surface area contributed by atoms with Gasteiger partial charge in [0.1, 0.15) is 11.6 Å². The Balaban J connectivity index is 2.02. The predicted molar refractivity (Wildman–Crippen MR) is 93.7 cm³/mol. The van der Waals surface area contributed by atoms with Crippen LogP contribution in [0.15, 0.2) is 60.3 Å². The number of aromatic carboxylic acids is 1. The summed E-state index contributed by atoms with van der Waals surface area (Å²) in [7, 11) is 0. The van der Waals surface area contributed by atoms with Gasteiger partial charge in [0.2, 0.25) is 0 Å². The molecule has 0 radical (unpaired) electrons. The molecule has 0 aromatic heterocycles. The Bertz CT molecular complexity index is 866. The highest BCUT2D eigenvalue weighted by atomic mass is 16.4. The van der Waals surface area contributed by atoms with Gasteiger partial charge in [0.05, 0.1) is 5.56 Å². The van der Waals surface area contributed by atoms with Crippen LogP contribution in [0.4, 0.5) is 5.69 Å². The van der Waals surface area contributed by atoms with E-state index in [1.807, 2.05) is 37.3 Å². The molecular weight excluding hydrogens is 318 g/mol. The zero-order valence-corrected chi connectivity index (χ0v) is 13.6. The summed E-state index contributed by atoms with van der Waals surface area (Å²) in [6.07, 6.45) is 1.35. The van der Waals surface area contributed by atoms with Gasteiger partial charge in [-0.05, 0) is 30.7 Å². The maximum Gasteiger partial charge on any atom is 0.335 e. The lowest BCUT2D eigenvalue weighted by Gasteiger charge is -2.06. The van der Waals surface area contributed by atoms with E-state index in [4.69, 9.17) is 10.4 Å². The number of amides is 1. The standard InChI is InChI=1S/C19H17N3O3/c1-13-4-2-5-14(8-13)11-21-12-16(10-20)18(23)22-17-7-3-6-15(9-17)19(24)25/h2-9,12,21H,11H2,1H3,(H,22,23)(H,24,25)/b16-12-. The van der Waals surface area contributed by atoms with E-state index >= 15 is 0 Å².